The van der Waals surface area contributed by atoms with Crippen molar-refractivity contribution in [1.82, 2.24) is 15.6 Å². The fourth-order valence-corrected chi connectivity index (χ4v) is 3.28. The monoisotopic (exact) mass is 375 g/mol. The molecule has 1 fully saturated rings. The summed E-state index contributed by atoms with van der Waals surface area (Å²) in [6, 6.07) is 4.28. The third-order valence-electron chi connectivity index (χ3n) is 5.31. The fraction of sp³-hybridized carbons (Fsp3) is 0.714. The Morgan fingerprint density at radius 3 is 2.52 bits per heavy atom. The van der Waals surface area contributed by atoms with E-state index in [-0.39, 0.29) is 11.5 Å². The maximum Gasteiger partial charge on any atom is 0.191 e. The summed E-state index contributed by atoms with van der Waals surface area (Å²) in [6.45, 7) is 12.5. The van der Waals surface area contributed by atoms with Crippen LogP contribution in [0.4, 0.5) is 5.82 Å². The zero-order valence-corrected chi connectivity index (χ0v) is 17.9. The molecule has 1 aromatic heterocycles. The largest absolute Gasteiger partial charge is 0.379 e. The molecule has 27 heavy (non-hydrogen) atoms. The number of rotatable bonds is 6. The molecule has 0 amide bonds. The number of aliphatic imine (C=N–C) groups is 1. The molecule has 2 N–H and O–H groups in total. The summed E-state index contributed by atoms with van der Waals surface area (Å²) in [7, 11) is 3.54. The number of piperidine rings is 1. The summed E-state index contributed by atoms with van der Waals surface area (Å²) < 4.78 is 5.59. The van der Waals surface area contributed by atoms with E-state index >= 15 is 0 Å². The van der Waals surface area contributed by atoms with Gasteiger partial charge < -0.3 is 20.3 Å². The van der Waals surface area contributed by atoms with Crippen LogP contribution < -0.4 is 15.5 Å². The Hall–Kier alpha value is -1.82. The van der Waals surface area contributed by atoms with Crippen LogP contribution >= 0.6 is 0 Å². The van der Waals surface area contributed by atoms with Crippen molar-refractivity contribution in [1.29, 1.82) is 0 Å². The van der Waals surface area contributed by atoms with Gasteiger partial charge in [0, 0.05) is 46.5 Å². The molecule has 1 aliphatic rings. The van der Waals surface area contributed by atoms with E-state index in [2.05, 4.69) is 65.3 Å². The highest BCUT2D eigenvalue weighted by atomic mass is 16.5. The summed E-state index contributed by atoms with van der Waals surface area (Å²) in [4.78, 5) is 11.3. The van der Waals surface area contributed by atoms with E-state index < -0.39 is 0 Å². The number of hydrogen-bond acceptors (Lipinski definition) is 4. The summed E-state index contributed by atoms with van der Waals surface area (Å²) in [6.07, 6.45) is 4.58. The molecule has 0 aliphatic carbocycles. The second kappa shape index (κ2) is 9.93. The predicted octanol–water partition coefficient (Wildman–Crippen LogP) is 3.04. The van der Waals surface area contributed by atoms with E-state index in [0.717, 1.165) is 36.3 Å². The first kappa shape index (κ1) is 21.5. The van der Waals surface area contributed by atoms with Gasteiger partial charge in [-0.05, 0) is 35.8 Å². The highest BCUT2D eigenvalue weighted by Crippen LogP contribution is 2.22. The lowest BCUT2D eigenvalue weighted by Crippen LogP contribution is -2.45. The lowest BCUT2D eigenvalue weighted by molar-refractivity contribution is 0.0205. The molecular formula is C21H37N5O. The minimum absolute atomic E-state index is 0.0760. The standard InChI is InChI=1S/C21H37N5O/c1-16-9-11-26(12-10-16)19-8-7-17(13-23-19)14-24-20(22-5)25-15-18(27-6)21(2,3)4/h7-8,13,16,18H,9-12,14-15H2,1-6H3,(H2,22,24,25). The Morgan fingerprint density at radius 1 is 1.30 bits per heavy atom. The third-order valence-corrected chi connectivity index (χ3v) is 5.31. The van der Waals surface area contributed by atoms with Crippen molar-refractivity contribution in [3.8, 4) is 0 Å². The van der Waals surface area contributed by atoms with Gasteiger partial charge in [-0.3, -0.25) is 4.99 Å². The fourth-order valence-electron chi connectivity index (χ4n) is 3.28. The van der Waals surface area contributed by atoms with Crippen LogP contribution in [0.3, 0.4) is 0 Å². The summed E-state index contributed by atoms with van der Waals surface area (Å²) in [5, 5.41) is 6.70. The molecule has 2 rings (SSSR count). The van der Waals surface area contributed by atoms with Crippen LogP contribution in [0.25, 0.3) is 0 Å². The Bertz CT molecular complexity index is 586. The van der Waals surface area contributed by atoms with Gasteiger partial charge in [0.15, 0.2) is 5.96 Å². The third kappa shape index (κ3) is 6.69. The number of ether oxygens (including phenoxy) is 1. The van der Waals surface area contributed by atoms with Gasteiger partial charge in [0.25, 0.3) is 0 Å². The molecule has 6 nitrogen and oxygen atoms in total. The van der Waals surface area contributed by atoms with Crippen LogP contribution in [0, 0.1) is 11.3 Å². The number of hydrogen-bond donors (Lipinski definition) is 2. The van der Waals surface area contributed by atoms with Crippen molar-refractivity contribution in [3.63, 3.8) is 0 Å². The molecule has 0 spiro atoms. The van der Waals surface area contributed by atoms with Crippen molar-refractivity contribution < 1.29 is 4.74 Å². The summed E-state index contributed by atoms with van der Waals surface area (Å²) in [5.74, 6) is 2.69. The molecule has 1 saturated heterocycles. The molecule has 0 saturated carbocycles. The maximum atomic E-state index is 5.59. The Labute approximate surface area is 164 Å². The van der Waals surface area contributed by atoms with Crippen molar-refractivity contribution >= 4 is 11.8 Å². The quantitative estimate of drug-likeness (QED) is 0.591. The Morgan fingerprint density at radius 2 is 2.00 bits per heavy atom. The zero-order chi connectivity index (χ0) is 19.9. The van der Waals surface area contributed by atoms with E-state index in [1.807, 2.05) is 6.20 Å². The van der Waals surface area contributed by atoms with Crippen molar-refractivity contribution in [3.05, 3.63) is 23.9 Å². The van der Waals surface area contributed by atoms with Crippen LogP contribution in [0.15, 0.2) is 23.3 Å². The van der Waals surface area contributed by atoms with Crippen LogP contribution in [0.5, 0.6) is 0 Å². The van der Waals surface area contributed by atoms with E-state index in [9.17, 15) is 0 Å². The molecule has 152 valence electrons. The van der Waals surface area contributed by atoms with Crippen molar-refractivity contribution in [2.45, 2.75) is 53.2 Å². The lowest BCUT2D eigenvalue weighted by Gasteiger charge is -2.31. The second-order valence-electron chi connectivity index (χ2n) is 8.59. The van der Waals surface area contributed by atoms with Gasteiger partial charge in [0.1, 0.15) is 5.82 Å². The van der Waals surface area contributed by atoms with Crippen molar-refractivity contribution in [2.24, 2.45) is 16.3 Å². The predicted molar refractivity (Wildman–Crippen MR) is 113 cm³/mol. The minimum Gasteiger partial charge on any atom is -0.379 e. The number of nitrogens with one attached hydrogen (secondary N) is 2. The smallest absolute Gasteiger partial charge is 0.191 e. The van der Waals surface area contributed by atoms with Gasteiger partial charge in [0.05, 0.1) is 6.10 Å². The zero-order valence-electron chi connectivity index (χ0n) is 17.9. The molecule has 1 atom stereocenters. The Balaban J connectivity index is 1.82. The average molecular weight is 376 g/mol. The molecule has 1 unspecified atom stereocenters. The average Bonchev–Trinajstić information content (AvgIpc) is 2.65. The molecule has 0 radical (unpaired) electrons. The van der Waals surface area contributed by atoms with Crippen LogP contribution in [-0.4, -0.2) is 50.8 Å². The van der Waals surface area contributed by atoms with Crippen LogP contribution in [-0.2, 0) is 11.3 Å². The summed E-state index contributed by atoms with van der Waals surface area (Å²) >= 11 is 0. The first-order valence-electron chi connectivity index (χ1n) is 10.0. The van der Waals surface area contributed by atoms with Gasteiger partial charge >= 0.3 is 0 Å². The van der Waals surface area contributed by atoms with E-state index in [1.54, 1.807) is 14.2 Å². The maximum absolute atomic E-state index is 5.59. The van der Waals surface area contributed by atoms with Gasteiger partial charge in [-0.1, -0.05) is 33.8 Å². The number of pyridine rings is 1. The van der Waals surface area contributed by atoms with Crippen LogP contribution in [0.2, 0.25) is 0 Å². The summed E-state index contributed by atoms with van der Waals surface area (Å²) in [5.41, 5.74) is 1.22. The van der Waals surface area contributed by atoms with Crippen molar-refractivity contribution in [2.75, 3.05) is 38.7 Å². The second-order valence-corrected chi connectivity index (χ2v) is 8.59. The number of guanidine groups is 1. The van der Waals surface area contributed by atoms with Gasteiger partial charge in [0.2, 0.25) is 0 Å². The normalized spacial score (nSPS) is 17.7. The number of nitrogens with zero attached hydrogens (tertiary/aromatic N) is 3. The number of methoxy groups -OCH3 is 1. The highest BCUT2D eigenvalue weighted by molar-refractivity contribution is 5.79. The molecule has 0 aromatic carbocycles. The van der Waals surface area contributed by atoms with Gasteiger partial charge in [-0.25, -0.2) is 4.98 Å². The van der Waals surface area contributed by atoms with Crippen LogP contribution in [0.1, 0.15) is 46.1 Å². The SMILES string of the molecule is CN=C(NCc1ccc(N2CCC(C)CC2)nc1)NCC(OC)C(C)(C)C. The number of anilines is 1. The molecule has 1 aromatic rings. The minimum atomic E-state index is 0.0760. The highest BCUT2D eigenvalue weighted by Gasteiger charge is 2.24. The Kier molecular flexibility index (Phi) is 7.90. The molecule has 2 heterocycles. The molecule has 1 aliphatic heterocycles. The first-order chi connectivity index (χ1) is 12.8. The number of aromatic nitrogens is 1. The molecule has 6 heteroatoms. The topological polar surface area (TPSA) is 61.8 Å². The van der Waals surface area contributed by atoms with Gasteiger partial charge in [-0.2, -0.15) is 0 Å². The molecule has 0 bridgehead atoms. The van der Waals surface area contributed by atoms with Gasteiger partial charge in [-0.15, -0.1) is 0 Å². The lowest BCUT2D eigenvalue weighted by atomic mass is 9.89. The van der Waals surface area contributed by atoms with E-state index in [4.69, 9.17) is 4.74 Å². The van der Waals surface area contributed by atoms with E-state index in [0.29, 0.717) is 13.1 Å². The van der Waals surface area contributed by atoms with E-state index in [1.165, 1.54) is 12.8 Å². The molecular weight excluding hydrogens is 338 g/mol. The first-order valence-corrected chi connectivity index (χ1v) is 10.0.